The molecule has 0 aromatic carbocycles. The molecule has 24 heavy (non-hydrogen) atoms. The summed E-state index contributed by atoms with van der Waals surface area (Å²) >= 11 is 0. The third-order valence-electron chi connectivity index (χ3n) is 5.00. The Kier molecular flexibility index (Phi) is 10.3. The average molecular weight is 336 g/mol. The first-order chi connectivity index (χ1) is 11.6. The molecule has 1 aliphatic carbocycles. The summed E-state index contributed by atoms with van der Waals surface area (Å²) < 4.78 is 0. The van der Waals surface area contributed by atoms with Crippen molar-refractivity contribution in [3.63, 3.8) is 0 Å². The fourth-order valence-electron chi connectivity index (χ4n) is 3.56. The highest BCUT2D eigenvalue weighted by Crippen LogP contribution is 2.36. The Morgan fingerprint density at radius 3 is 2.54 bits per heavy atom. The van der Waals surface area contributed by atoms with Crippen molar-refractivity contribution in [2.75, 3.05) is 0 Å². The minimum atomic E-state index is -1.64. The second-order valence-electron chi connectivity index (χ2n) is 6.94. The normalized spacial score (nSPS) is 20.5. The highest BCUT2D eigenvalue weighted by molar-refractivity contribution is 6.61. The molecule has 0 aromatic heterocycles. The van der Waals surface area contributed by atoms with E-state index in [2.05, 4.69) is 19.1 Å². The van der Waals surface area contributed by atoms with Gasteiger partial charge < -0.3 is 5.11 Å². The van der Waals surface area contributed by atoms with Crippen molar-refractivity contribution < 1.29 is 19.5 Å². The summed E-state index contributed by atoms with van der Waals surface area (Å²) in [6, 6.07) is 0. The van der Waals surface area contributed by atoms with Crippen LogP contribution in [-0.4, -0.2) is 22.6 Å². The molecule has 0 unspecified atom stereocenters. The number of aliphatic carboxylic acids is 1. The van der Waals surface area contributed by atoms with Crippen LogP contribution in [0.5, 0.6) is 0 Å². The van der Waals surface area contributed by atoms with Crippen LogP contribution in [-0.2, 0) is 14.4 Å². The Bertz CT molecular complexity index is 439. The summed E-state index contributed by atoms with van der Waals surface area (Å²) in [7, 11) is 0. The van der Waals surface area contributed by atoms with Gasteiger partial charge in [-0.05, 0) is 50.4 Å². The van der Waals surface area contributed by atoms with Gasteiger partial charge in [-0.3, -0.25) is 9.59 Å². The maximum absolute atomic E-state index is 11.4. The molecule has 0 aliphatic heterocycles. The van der Waals surface area contributed by atoms with Crippen molar-refractivity contribution >= 4 is 17.5 Å². The quantitative estimate of drug-likeness (QED) is 0.229. The average Bonchev–Trinajstić information content (AvgIpc) is 3.01. The fourth-order valence-corrected chi connectivity index (χ4v) is 3.56. The zero-order valence-corrected chi connectivity index (χ0v) is 15.0. The Labute approximate surface area is 145 Å². The molecule has 0 aromatic rings. The number of Topliss-reactive ketones (excluding diaryl/α,β-unsaturated/α-hetero) is 2. The van der Waals surface area contributed by atoms with Crippen LogP contribution in [0.2, 0.25) is 0 Å². The number of unbranched alkanes of at least 4 members (excludes halogenated alkanes) is 5. The lowest BCUT2D eigenvalue weighted by Crippen LogP contribution is -2.23. The SMILES string of the molecule is CCCCCCC=C[C@H]1CCC[C@@H]1CCCCC(=O)C(=O)C(=O)O. The monoisotopic (exact) mass is 336 g/mol. The van der Waals surface area contributed by atoms with Crippen molar-refractivity contribution in [2.45, 2.75) is 84.0 Å². The largest absolute Gasteiger partial charge is 0.475 e. The van der Waals surface area contributed by atoms with Crippen molar-refractivity contribution in [3.8, 4) is 0 Å². The number of ketones is 2. The van der Waals surface area contributed by atoms with E-state index in [1.54, 1.807) is 0 Å². The van der Waals surface area contributed by atoms with E-state index in [9.17, 15) is 14.4 Å². The molecule has 0 spiro atoms. The number of carboxylic acids is 1. The van der Waals surface area contributed by atoms with E-state index >= 15 is 0 Å². The zero-order valence-electron chi connectivity index (χ0n) is 15.0. The zero-order chi connectivity index (χ0) is 17.8. The van der Waals surface area contributed by atoms with Crippen LogP contribution in [0.4, 0.5) is 0 Å². The first-order valence-electron chi connectivity index (χ1n) is 9.53. The van der Waals surface area contributed by atoms with E-state index in [1.807, 2.05) is 0 Å². The molecule has 1 rings (SSSR count). The van der Waals surface area contributed by atoms with Gasteiger partial charge in [-0.1, -0.05) is 51.2 Å². The third kappa shape index (κ3) is 7.89. The summed E-state index contributed by atoms with van der Waals surface area (Å²) in [5.41, 5.74) is 0. The lowest BCUT2D eigenvalue weighted by Gasteiger charge is -2.16. The second-order valence-corrected chi connectivity index (χ2v) is 6.94. The van der Waals surface area contributed by atoms with Gasteiger partial charge in [0.15, 0.2) is 0 Å². The minimum absolute atomic E-state index is 0.0653. The molecule has 4 nitrogen and oxygen atoms in total. The van der Waals surface area contributed by atoms with Gasteiger partial charge in [-0.25, -0.2) is 4.79 Å². The van der Waals surface area contributed by atoms with Gasteiger partial charge in [0.25, 0.3) is 0 Å². The molecular weight excluding hydrogens is 304 g/mol. The molecule has 0 bridgehead atoms. The van der Waals surface area contributed by atoms with Crippen molar-refractivity contribution in [2.24, 2.45) is 11.8 Å². The molecule has 1 N–H and O–H groups in total. The predicted octanol–water partition coefficient (Wildman–Crippen LogP) is 4.71. The number of hydrogen-bond donors (Lipinski definition) is 1. The van der Waals surface area contributed by atoms with Crippen LogP contribution in [0.3, 0.4) is 0 Å². The summed E-state index contributed by atoms with van der Waals surface area (Å²) in [4.78, 5) is 32.8. The third-order valence-corrected chi connectivity index (χ3v) is 5.00. The van der Waals surface area contributed by atoms with Crippen LogP contribution in [0.15, 0.2) is 12.2 Å². The number of allylic oxidation sites excluding steroid dienone is 2. The van der Waals surface area contributed by atoms with Gasteiger partial charge in [0.2, 0.25) is 5.78 Å². The summed E-state index contributed by atoms with van der Waals surface area (Å²) in [5.74, 6) is -2.34. The van der Waals surface area contributed by atoms with E-state index in [0.717, 1.165) is 12.8 Å². The number of hydrogen-bond acceptors (Lipinski definition) is 3. The highest BCUT2D eigenvalue weighted by Gasteiger charge is 2.25. The molecular formula is C20H32O4. The van der Waals surface area contributed by atoms with Gasteiger partial charge in [0.1, 0.15) is 0 Å². The van der Waals surface area contributed by atoms with E-state index in [0.29, 0.717) is 18.3 Å². The van der Waals surface area contributed by atoms with Crippen molar-refractivity contribution in [1.29, 1.82) is 0 Å². The molecule has 0 amide bonds. The first kappa shape index (κ1) is 20.6. The van der Waals surface area contributed by atoms with Crippen LogP contribution < -0.4 is 0 Å². The Morgan fingerprint density at radius 1 is 1.04 bits per heavy atom. The van der Waals surface area contributed by atoms with Gasteiger partial charge in [0.05, 0.1) is 0 Å². The van der Waals surface area contributed by atoms with Gasteiger partial charge in [0, 0.05) is 6.42 Å². The summed E-state index contributed by atoms with van der Waals surface area (Å²) in [6.07, 6.45) is 17.5. The van der Waals surface area contributed by atoms with E-state index in [1.165, 1.54) is 51.4 Å². The predicted molar refractivity (Wildman–Crippen MR) is 94.8 cm³/mol. The van der Waals surface area contributed by atoms with E-state index < -0.39 is 17.5 Å². The molecule has 1 saturated carbocycles. The van der Waals surface area contributed by atoms with Crippen LogP contribution in [0.1, 0.15) is 84.0 Å². The van der Waals surface area contributed by atoms with E-state index in [4.69, 9.17) is 5.11 Å². The molecule has 136 valence electrons. The summed E-state index contributed by atoms with van der Waals surface area (Å²) in [5, 5.41) is 8.49. The Hall–Kier alpha value is -1.45. The Balaban J connectivity index is 2.19. The van der Waals surface area contributed by atoms with E-state index in [-0.39, 0.29) is 6.42 Å². The molecule has 0 heterocycles. The molecule has 4 heteroatoms. The van der Waals surface area contributed by atoms with Crippen molar-refractivity contribution in [1.82, 2.24) is 0 Å². The smallest absolute Gasteiger partial charge is 0.380 e. The first-order valence-corrected chi connectivity index (χ1v) is 9.53. The molecule has 1 fully saturated rings. The number of carbonyl (C=O) groups excluding carboxylic acids is 2. The maximum atomic E-state index is 11.4. The number of rotatable bonds is 13. The van der Waals surface area contributed by atoms with Crippen LogP contribution in [0.25, 0.3) is 0 Å². The molecule has 0 saturated heterocycles. The highest BCUT2D eigenvalue weighted by atomic mass is 16.4. The molecule has 0 radical (unpaired) electrons. The standard InChI is InChI=1S/C20H32O4/c1-2-3-4-5-6-7-11-16-13-10-14-17(16)12-8-9-15-18(21)19(22)20(23)24/h7,11,16-17H,2-6,8-10,12-15H2,1H3,(H,23,24)/t16-,17-/m0/s1. The van der Waals surface area contributed by atoms with Crippen LogP contribution >= 0.6 is 0 Å². The number of carboxylic acid groups (broad SMARTS) is 1. The van der Waals surface area contributed by atoms with Gasteiger partial charge in [-0.15, -0.1) is 0 Å². The van der Waals surface area contributed by atoms with Crippen molar-refractivity contribution in [3.05, 3.63) is 12.2 Å². The lowest BCUT2D eigenvalue weighted by atomic mass is 9.90. The number of carbonyl (C=O) groups is 3. The topological polar surface area (TPSA) is 71.4 Å². The second kappa shape index (κ2) is 12.0. The minimum Gasteiger partial charge on any atom is -0.475 e. The van der Waals surface area contributed by atoms with Gasteiger partial charge in [-0.2, -0.15) is 0 Å². The molecule has 1 aliphatic rings. The molecule has 2 atom stereocenters. The lowest BCUT2D eigenvalue weighted by molar-refractivity contribution is -0.152. The fraction of sp³-hybridized carbons (Fsp3) is 0.750. The Morgan fingerprint density at radius 2 is 1.83 bits per heavy atom. The summed E-state index contributed by atoms with van der Waals surface area (Å²) in [6.45, 7) is 2.23. The van der Waals surface area contributed by atoms with Crippen LogP contribution in [0, 0.1) is 11.8 Å². The van der Waals surface area contributed by atoms with Gasteiger partial charge >= 0.3 is 11.8 Å². The maximum Gasteiger partial charge on any atom is 0.380 e.